The van der Waals surface area contributed by atoms with Crippen LogP contribution in [0.1, 0.15) is 13.8 Å². The summed E-state index contributed by atoms with van der Waals surface area (Å²) in [6.45, 7) is 2.87. The molecule has 0 atom stereocenters. The molecule has 0 fully saturated rings. The largest absolute Gasteiger partial charge is 0.512 e. The van der Waals surface area contributed by atoms with E-state index in [2.05, 4.69) is 152 Å². The Morgan fingerprint density at radius 1 is 0.673 bits per heavy atom. The standard InChI is InChI=1S/C39H25BN.C5H8O2.Pt/c1-3-12-28(13-4-1)33-20-10-21-34(29-14-5-2-6-15-29)38(33)40-36-22-11-25-41-39(36)35-24-23-30(26-37(35)40)32-19-9-17-27-16-7-8-18-31(27)32;1-4(6)3-5(2)7;/h1-23,25-26H;3,6H,1-2H3;/q-1;;/b;4-3-;. The number of benzene rings is 6. The van der Waals surface area contributed by atoms with E-state index in [9.17, 15) is 4.79 Å². The van der Waals surface area contributed by atoms with Gasteiger partial charge in [-0.15, -0.1) is 29.2 Å². The van der Waals surface area contributed by atoms with Crippen LogP contribution in [0.4, 0.5) is 0 Å². The Balaban J connectivity index is 0.000000474. The molecular weight excluding hydrogens is 780 g/mol. The van der Waals surface area contributed by atoms with Crippen molar-refractivity contribution in [1.29, 1.82) is 0 Å². The molecule has 5 heteroatoms. The van der Waals surface area contributed by atoms with Gasteiger partial charge >= 0.3 is 0 Å². The second-order valence-electron chi connectivity index (χ2n) is 12.0. The smallest absolute Gasteiger partial charge is 0.183 e. The van der Waals surface area contributed by atoms with Gasteiger partial charge in [-0.05, 0) is 58.6 Å². The van der Waals surface area contributed by atoms with Crippen molar-refractivity contribution in [3.63, 3.8) is 0 Å². The molecule has 0 radical (unpaired) electrons. The normalized spacial score (nSPS) is 11.6. The average molecular weight is 814 g/mol. The van der Waals surface area contributed by atoms with Crippen LogP contribution < -0.4 is 16.4 Å². The number of rotatable bonds is 5. The monoisotopic (exact) mass is 813 g/mol. The first-order valence-corrected chi connectivity index (χ1v) is 16.1. The number of hydrogen-bond donors (Lipinski definition) is 1. The van der Waals surface area contributed by atoms with Crippen molar-refractivity contribution < 1.29 is 31.0 Å². The molecule has 240 valence electrons. The van der Waals surface area contributed by atoms with Gasteiger partial charge in [-0.25, -0.2) is 0 Å². The molecule has 49 heavy (non-hydrogen) atoms. The van der Waals surface area contributed by atoms with E-state index >= 15 is 0 Å². The van der Waals surface area contributed by atoms with Crippen LogP contribution in [0.3, 0.4) is 0 Å². The third-order valence-corrected chi connectivity index (χ3v) is 8.75. The molecule has 0 saturated carbocycles. The van der Waals surface area contributed by atoms with Crippen LogP contribution in [0.25, 0.3) is 55.4 Å². The van der Waals surface area contributed by atoms with Gasteiger partial charge in [0, 0.05) is 33.3 Å². The summed E-state index contributed by atoms with van der Waals surface area (Å²) >= 11 is 0. The maximum atomic E-state index is 10.0. The van der Waals surface area contributed by atoms with E-state index in [1.54, 1.807) is 0 Å². The van der Waals surface area contributed by atoms with Crippen molar-refractivity contribution in [2.45, 2.75) is 13.8 Å². The summed E-state index contributed by atoms with van der Waals surface area (Å²) < 4.78 is 0. The van der Waals surface area contributed by atoms with E-state index in [0.717, 1.165) is 11.3 Å². The predicted molar refractivity (Wildman–Crippen MR) is 200 cm³/mol. The molecular formula is C44H33BNO2Pt-. The van der Waals surface area contributed by atoms with E-state index in [1.165, 1.54) is 80.5 Å². The number of hydrogen-bond acceptors (Lipinski definition) is 3. The summed E-state index contributed by atoms with van der Waals surface area (Å²) in [5.41, 5.74) is 13.2. The minimum atomic E-state index is -0.125. The summed E-state index contributed by atoms with van der Waals surface area (Å²) in [6.07, 6.45) is 3.07. The Hall–Kier alpha value is -5.31. The van der Waals surface area contributed by atoms with Crippen molar-refractivity contribution in [2.24, 2.45) is 0 Å². The number of ketones is 1. The zero-order valence-corrected chi connectivity index (χ0v) is 29.5. The van der Waals surface area contributed by atoms with Gasteiger partial charge < -0.3 is 10.1 Å². The number of fused-ring (bicyclic) bond motifs is 4. The molecule has 1 aliphatic rings. The zero-order chi connectivity index (χ0) is 33.0. The molecule has 8 rings (SSSR count). The van der Waals surface area contributed by atoms with Crippen LogP contribution in [0, 0.1) is 6.07 Å². The van der Waals surface area contributed by atoms with Gasteiger partial charge in [0.2, 0.25) is 0 Å². The molecule has 0 unspecified atom stereocenters. The van der Waals surface area contributed by atoms with Gasteiger partial charge in [0.15, 0.2) is 12.5 Å². The Labute approximate surface area is 302 Å². The molecule has 1 aliphatic heterocycles. The maximum Gasteiger partial charge on any atom is 0.183 e. The number of carbonyl (C=O) groups is 1. The molecule has 0 amide bonds. The number of nitrogens with zero attached hydrogens (tertiary/aromatic N) is 1. The number of aliphatic hydroxyl groups is 1. The van der Waals surface area contributed by atoms with Crippen LogP contribution >= 0.6 is 0 Å². The molecule has 0 aliphatic carbocycles. The molecule has 1 N–H and O–H groups in total. The number of carbonyl (C=O) groups excluding carboxylic acids is 1. The summed E-state index contributed by atoms with van der Waals surface area (Å²) in [7, 11) is 0. The summed E-state index contributed by atoms with van der Waals surface area (Å²) in [4.78, 5) is 14.9. The summed E-state index contributed by atoms with van der Waals surface area (Å²) in [5, 5.41) is 10.9. The minimum absolute atomic E-state index is 0. The van der Waals surface area contributed by atoms with Crippen LogP contribution in [0.2, 0.25) is 0 Å². The second kappa shape index (κ2) is 14.9. The Morgan fingerprint density at radius 3 is 1.90 bits per heavy atom. The second-order valence-corrected chi connectivity index (χ2v) is 12.0. The topological polar surface area (TPSA) is 50.2 Å². The maximum absolute atomic E-state index is 10.0. The number of pyridine rings is 1. The molecule has 0 saturated heterocycles. The Bertz CT molecular complexity index is 2230. The van der Waals surface area contributed by atoms with Crippen molar-refractivity contribution in [3.8, 4) is 44.6 Å². The summed E-state index contributed by atoms with van der Waals surface area (Å²) in [6, 6.07) is 55.9. The number of allylic oxidation sites excluding steroid dienone is 2. The summed E-state index contributed by atoms with van der Waals surface area (Å²) in [5.74, 6) is -0.0625. The van der Waals surface area contributed by atoms with Gasteiger partial charge in [0.1, 0.15) is 0 Å². The third kappa shape index (κ3) is 6.84. The van der Waals surface area contributed by atoms with Gasteiger partial charge in [-0.3, -0.25) is 4.79 Å². The van der Waals surface area contributed by atoms with Crippen LogP contribution in [0.15, 0.2) is 164 Å². The molecule has 0 spiro atoms. The van der Waals surface area contributed by atoms with E-state index in [0.29, 0.717) is 0 Å². The van der Waals surface area contributed by atoms with E-state index in [-0.39, 0.29) is 39.3 Å². The SMILES string of the molecule is CC(=O)/C=C(/C)O.[Pt].[c-]1cc(-c2cccc3ccccc23)cc2c1-c1ncccc1B2c1c(-c2ccccc2)cccc1-c1ccccc1. The first kappa shape index (κ1) is 33.6. The van der Waals surface area contributed by atoms with Crippen molar-refractivity contribution in [2.75, 3.05) is 0 Å². The number of aliphatic hydroxyl groups excluding tert-OH is 1. The quantitative estimate of drug-likeness (QED) is 0.0821. The van der Waals surface area contributed by atoms with Crippen LogP contribution in [-0.4, -0.2) is 22.6 Å². The number of aromatic nitrogens is 1. The average Bonchev–Trinajstić information content (AvgIpc) is 3.45. The Kier molecular flexibility index (Phi) is 10.2. The zero-order valence-electron chi connectivity index (χ0n) is 27.2. The predicted octanol–water partition coefficient (Wildman–Crippen LogP) is 8.57. The molecule has 3 nitrogen and oxygen atoms in total. The van der Waals surface area contributed by atoms with Crippen LogP contribution in [-0.2, 0) is 25.9 Å². The van der Waals surface area contributed by atoms with E-state index in [4.69, 9.17) is 10.1 Å². The van der Waals surface area contributed by atoms with Gasteiger partial charge in [0.05, 0.1) is 5.76 Å². The Morgan fingerprint density at radius 2 is 1.27 bits per heavy atom. The van der Waals surface area contributed by atoms with Crippen molar-refractivity contribution in [3.05, 3.63) is 170 Å². The fourth-order valence-corrected chi connectivity index (χ4v) is 6.83. The van der Waals surface area contributed by atoms with Crippen molar-refractivity contribution >= 4 is 39.7 Å². The fraction of sp³-hybridized carbons (Fsp3) is 0.0455. The van der Waals surface area contributed by atoms with Gasteiger partial charge in [0.25, 0.3) is 0 Å². The fourth-order valence-electron chi connectivity index (χ4n) is 6.83. The minimum Gasteiger partial charge on any atom is -0.512 e. The van der Waals surface area contributed by atoms with Gasteiger partial charge in [-0.1, -0.05) is 149 Å². The first-order chi connectivity index (χ1) is 23.5. The third-order valence-electron chi connectivity index (χ3n) is 8.75. The van der Waals surface area contributed by atoms with Gasteiger partial charge in [-0.2, -0.15) is 0 Å². The first-order valence-electron chi connectivity index (χ1n) is 16.1. The molecule has 7 aromatic rings. The van der Waals surface area contributed by atoms with E-state index < -0.39 is 0 Å². The van der Waals surface area contributed by atoms with Crippen LogP contribution in [0.5, 0.6) is 0 Å². The molecule has 6 aromatic carbocycles. The molecule has 2 heterocycles. The molecule has 1 aromatic heterocycles. The van der Waals surface area contributed by atoms with Crippen molar-refractivity contribution in [1.82, 2.24) is 4.98 Å². The van der Waals surface area contributed by atoms with E-state index in [1.807, 2.05) is 6.20 Å². The molecule has 0 bridgehead atoms.